The van der Waals surface area contributed by atoms with Gasteiger partial charge in [-0.2, -0.15) is 0 Å². The molecule has 1 N–H and O–H groups in total. The maximum Gasteiger partial charge on any atom is 0.177 e. The van der Waals surface area contributed by atoms with Crippen molar-refractivity contribution >= 4 is 28.2 Å². The van der Waals surface area contributed by atoms with Crippen molar-refractivity contribution in [2.45, 2.75) is 26.3 Å². The summed E-state index contributed by atoms with van der Waals surface area (Å²) in [5.41, 5.74) is 3.19. The fourth-order valence-electron chi connectivity index (χ4n) is 3.52. The lowest BCUT2D eigenvalue weighted by Crippen LogP contribution is -2.38. The van der Waals surface area contributed by atoms with E-state index in [1.165, 1.54) is 0 Å². The largest absolute Gasteiger partial charge is 0.341 e. The molecule has 1 atom stereocenters. The lowest BCUT2D eigenvalue weighted by Gasteiger charge is -2.31. The highest BCUT2D eigenvalue weighted by Crippen LogP contribution is 2.26. The Hall–Kier alpha value is -1.98. The number of thiophene rings is 1. The van der Waals surface area contributed by atoms with Crippen LogP contribution in [0.3, 0.4) is 0 Å². The van der Waals surface area contributed by atoms with Crippen LogP contribution in [0.15, 0.2) is 35.7 Å². The number of benzene rings is 1. The predicted octanol–water partition coefficient (Wildman–Crippen LogP) is 4.03. The van der Waals surface area contributed by atoms with E-state index in [4.69, 9.17) is 0 Å². The van der Waals surface area contributed by atoms with Gasteiger partial charge in [0.25, 0.3) is 0 Å². The molecule has 0 amide bonds. The van der Waals surface area contributed by atoms with E-state index in [2.05, 4.69) is 14.9 Å². The fraction of sp³-hybridized carbons (Fsp3) is 0.368. The molecule has 1 aromatic carbocycles. The number of hydrogen-bond donors (Lipinski definition) is 1. The molecule has 1 fully saturated rings. The first-order chi connectivity index (χ1) is 11.7. The summed E-state index contributed by atoms with van der Waals surface area (Å²) >= 11 is 1.57. The highest BCUT2D eigenvalue weighted by molar-refractivity contribution is 7.12. The molecule has 124 valence electrons. The number of aryl methyl sites for hydroxylation is 1. The van der Waals surface area contributed by atoms with Gasteiger partial charge in [-0.05, 0) is 55.5 Å². The van der Waals surface area contributed by atoms with Crippen LogP contribution < -0.4 is 0 Å². The lowest BCUT2D eigenvalue weighted by atomic mass is 9.92. The number of fused-ring (bicyclic) bond motifs is 1. The minimum atomic E-state index is 0.112. The summed E-state index contributed by atoms with van der Waals surface area (Å²) in [5.74, 6) is 1.41. The molecule has 4 nitrogen and oxygen atoms in total. The summed E-state index contributed by atoms with van der Waals surface area (Å²) in [6.45, 7) is 4.66. The number of para-hydroxylation sites is 2. The number of likely N-dealkylation sites (tertiary alicyclic amines) is 1. The number of imidazole rings is 1. The summed E-state index contributed by atoms with van der Waals surface area (Å²) < 4.78 is 0. The number of aromatic nitrogens is 2. The fourth-order valence-corrected chi connectivity index (χ4v) is 4.46. The number of nitrogens with zero attached hydrogens (tertiary/aromatic N) is 2. The first-order valence-corrected chi connectivity index (χ1v) is 9.33. The molecule has 3 heterocycles. The van der Waals surface area contributed by atoms with Crippen molar-refractivity contribution in [1.82, 2.24) is 14.9 Å². The Morgan fingerprint density at radius 1 is 1.38 bits per heavy atom. The van der Waals surface area contributed by atoms with Crippen LogP contribution in [0.1, 0.15) is 33.9 Å². The number of carbonyl (C=O) groups excluding carboxylic acids is 1. The van der Waals surface area contributed by atoms with Gasteiger partial charge >= 0.3 is 0 Å². The zero-order valence-corrected chi connectivity index (χ0v) is 14.6. The third-order valence-corrected chi connectivity index (χ3v) is 5.81. The topological polar surface area (TPSA) is 49.0 Å². The van der Waals surface area contributed by atoms with Crippen molar-refractivity contribution in [2.75, 3.05) is 13.1 Å². The third-order valence-electron chi connectivity index (χ3n) is 4.77. The Morgan fingerprint density at radius 3 is 3.04 bits per heavy atom. The maximum absolute atomic E-state index is 12.8. The van der Waals surface area contributed by atoms with Crippen LogP contribution >= 0.6 is 11.3 Å². The normalized spacial score (nSPS) is 19.0. The van der Waals surface area contributed by atoms with Crippen LogP contribution in [0, 0.1) is 12.8 Å². The van der Waals surface area contributed by atoms with E-state index in [9.17, 15) is 4.79 Å². The molecule has 0 bridgehead atoms. The maximum atomic E-state index is 12.8. The molecule has 2 aromatic heterocycles. The van der Waals surface area contributed by atoms with Gasteiger partial charge in [0.05, 0.1) is 22.5 Å². The second-order valence-electron chi connectivity index (χ2n) is 6.57. The highest BCUT2D eigenvalue weighted by atomic mass is 32.1. The van der Waals surface area contributed by atoms with Crippen LogP contribution in [0.5, 0.6) is 0 Å². The number of hydrogen-bond acceptors (Lipinski definition) is 4. The highest BCUT2D eigenvalue weighted by Gasteiger charge is 2.28. The van der Waals surface area contributed by atoms with E-state index >= 15 is 0 Å². The van der Waals surface area contributed by atoms with Gasteiger partial charge in [-0.25, -0.2) is 4.98 Å². The molecule has 1 aliphatic rings. The van der Waals surface area contributed by atoms with Gasteiger partial charge < -0.3 is 4.98 Å². The molecule has 1 saturated heterocycles. The Labute approximate surface area is 145 Å². The van der Waals surface area contributed by atoms with Gasteiger partial charge in [-0.1, -0.05) is 12.1 Å². The summed E-state index contributed by atoms with van der Waals surface area (Å²) in [6.07, 6.45) is 2.06. The summed E-state index contributed by atoms with van der Waals surface area (Å²) in [5, 5.41) is 2.01. The third kappa shape index (κ3) is 3.01. The molecule has 0 saturated carbocycles. The predicted molar refractivity (Wildman–Crippen MR) is 97.5 cm³/mol. The number of Topliss-reactive ketones (excluding diaryl/α,β-unsaturated/α-hetero) is 1. The minimum Gasteiger partial charge on any atom is -0.341 e. The molecule has 3 aromatic rings. The number of carbonyl (C=O) groups is 1. The second kappa shape index (κ2) is 6.49. The van der Waals surface area contributed by atoms with Crippen molar-refractivity contribution in [3.8, 4) is 0 Å². The van der Waals surface area contributed by atoms with E-state index in [1.54, 1.807) is 11.3 Å². The summed E-state index contributed by atoms with van der Waals surface area (Å²) in [4.78, 5) is 24.1. The van der Waals surface area contributed by atoms with Gasteiger partial charge in [0.15, 0.2) is 5.78 Å². The zero-order chi connectivity index (χ0) is 16.5. The van der Waals surface area contributed by atoms with Gasteiger partial charge in [-0.3, -0.25) is 9.69 Å². The average molecular weight is 339 g/mol. The van der Waals surface area contributed by atoms with Crippen LogP contribution in [-0.4, -0.2) is 33.7 Å². The number of ketones is 1. The smallest absolute Gasteiger partial charge is 0.177 e. The SMILES string of the molecule is Cc1ccsc1C(=O)[C@H]1CCCN(Cc2nc3ccccc3[nH]2)C1. The lowest BCUT2D eigenvalue weighted by molar-refractivity contribution is 0.0812. The molecular formula is C19H21N3OS. The van der Waals surface area contributed by atoms with Crippen LogP contribution in [0.2, 0.25) is 0 Å². The van der Waals surface area contributed by atoms with Gasteiger partial charge in [-0.15, -0.1) is 11.3 Å². The van der Waals surface area contributed by atoms with Gasteiger partial charge in [0.2, 0.25) is 0 Å². The summed E-state index contributed by atoms with van der Waals surface area (Å²) in [7, 11) is 0. The van der Waals surface area contributed by atoms with Crippen molar-refractivity contribution < 1.29 is 4.79 Å². The molecule has 5 heteroatoms. The molecule has 24 heavy (non-hydrogen) atoms. The van der Waals surface area contributed by atoms with Gasteiger partial charge in [0.1, 0.15) is 5.82 Å². The van der Waals surface area contributed by atoms with Crippen molar-refractivity contribution in [2.24, 2.45) is 5.92 Å². The van der Waals surface area contributed by atoms with Crippen molar-refractivity contribution in [3.63, 3.8) is 0 Å². The van der Waals surface area contributed by atoms with Crippen molar-refractivity contribution in [1.29, 1.82) is 0 Å². The quantitative estimate of drug-likeness (QED) is 0.730. The molecule has 1 aliphatic heterocycles. The Balaban J connectivity index is 1.46. The van der Waals surface area contributed by atoms with Crippen LogP contribution in [0.25, 0.3) is 11.0 Å². The number of rotatable bonds is 4. The number of H-pyrrole nitrogens is 1. The molecule has 0 spiro atoms. The van der Waals surface area contributed by atoms with E-state index in [0.29, 0.717) is 5.78 Å². The molecular weight excluding hydrogens is 318 g/mol. The number of piperidine rings is 1. The Kier molecular flexibility index (Phi) is 4.21. The Morgan fingerprint density at radius 2 is 2.25 bits per heavy atom. The molecule has 0 radical (unpaired) electrons. The molecule has 4 rings (SSSR count). The standard InChI is InChI=1S/C19H21N3OS/c1-13-8-10-24-19(13)18(23)14-5-4-9-22(11-14)12-17-20-15-6-2-3-7-16(15)21-17/h2-3,6-8,10,14H,4-5,9,11-12H2,1H3,(H,20,21)/t14-/m0/s1. The van der Waals surface area contributed by atoms with E-state index in [-0.39, 0.29) is 5.92 Å². The number of aromatic amines is 1. The van der Waals surface area contributed by atoms with Crippen LogP contribution in [0.4, 0.5) is 0 Å². The zero-order valence-electron chi connectivity index (χ0n) is 13.8. The molecule has 0 unspecified atom stereocenters. The number of nitrogens with one attached hydrogen (secondary N) is 1. The molecule has 0 aliphatic carbocycles. The first-order valence-electron chi connectivity index (χ1n) is 8.45. The average Bonchev–Trinajstić information content (AvgIpc) is 3.19. The van der Waals surface area contributed by atoms with Crippen molar-refractivity contribution in [3.05, 3.63) is 52.0 Å². The van der Waals surface area contributed by atoms with Gasteiger partial charge in [0, 0.05) is 12.5 Å². The summed E-state index contributed by atoms with van der Waals surface area (Å²) in [6, 6.07) is 10.1. The van der Waals surface area contributed by atoms with E-state index < -0.39 is 0 Å². The van der Waals surface area contributed by atoms with E-state index in [1.807, 2.05) is 42.6 Å². The second-order valence-corrected chi connectivity index (χ2v) is 7.49. The minimum absolute atomic E-state index is 0.112. The van der Waals surface area contributed by atoms with Crippen LogP contribution in [-0.2, 0) is 6.54 Å². The first kappa shape index (κ1) is 15.5. The Bertz CT molecular complexity index is 833. The van der Waals surface area contributed by atoms with E-state index in [0.717, 1.165) is 59.8 Å². The monoisotopic (exact) mass is 339 g/mol.